The highest BCUT2D eigenvalue weighted by Gasteiger charge is 2.01. The lowest BCUT2D eigenvalue weighted by Gasteiger charge is -2.00. The Labute approximate surface area is 62.1 Å². The molecule has 0 aliphatic carbocycles. The maximum atomic E-state index is 10.6. The Morgan fingerprint density at radius 3 is 2.20 bits per heavy atom. The van der Waals surface area contributed by atoms with Crippen LogP contribution in [0.3, 0.4) is 0 Å². The van der Waals surface area contributed by atoms with Crippen molar-refractivity contribution in [3.8, 4) is 0 Å². The van der Waals surface area contributed by atoms with Gasteiger partial charge in [-0.3, -0.25) is 4.79 Å². The molecule has 10 heavy (non-hydrogen) atoms. The molecular weight excluding hydrogens is 126 g/mol. The van der Waals surface area contributed by atoms with Crippen LogP contribution in [-0.2, 0) is 4.79 Å². The summed E-state index contributed by atoms with van der Waals surface area (Å²) in [5.74, 6) is 0.110. The minimum atomic E-state index is -0.295. The maximum absolute atomic E-state index is 10.6. The van der Waals surface area contributed by atoms with Crippen LogP contribution < -0.4 is 5.73 Å². The smallest absolute Gasteiger partial charge is 0.244 e. The highest BCUT2D eigenvalue weighted by atomic mass is 16.1. The van der Waals surface area contributed by atoms with Gasteiger partial charge in [0.2, 0.25) is 5.91 Å². The number of hydrogen-bond donors (Lipinski definition) is 1. The second-order valence-corrected chi connectivity index (χ2v) is 2.65. The van der Waals surface area contributed by atoms with Crippen LogP contribution in [0.1, 0.15) is 27.2 Å². The van der Waals surface area contributed by atoms with Gasteiger partial charge < -0.3 is 5.73 Å². The molecule has 0 aliphatic heterocycles. The van der Waals surface area contributed by atoms with Gasteiger partial charge in [0.05, 0.1) is 0 Å². The van der Waals surface area contributed by atoms with E-state index in [9.17, 15) is 4.79 Å². The highest BCUT2D eigenvalue weighted by molar-refractivity contribution is 5.91. The summed E-state index contributed by atoms with van der Waals surface area (Å²) >= 11 is 0. The predicted molar refractivity (Wildman–Crippen MR) is 42.4 cm³/mol. The number of rotatable bonds is 3. The van der Waals surface area contributed by atoms with Gasteiger partial charge in [-0.05, 0) is 12.3 Å². The molecular formula is C8H15NO. The Hall–Kier alpha value is -0.790. The van der Waals surface area contributed by atoms with Gasteiger partial charge in [-0.2, -0.15) is 0 Å². The van der Waals surface area contributed by atoms with Gasteiger partial charge in [-0.15, -0.1) is 0 Å². The number of amides is 1. The van der Waals surface area contributed by atoms with Crippen molar-refractivity contribution in [1.29, 1.82) is 0 Å². The molecule has 0 atom stereocenters. The third-order valence-electron chi connectivity index (χ3n) is 1.23. The van der Waals surface area contributed by atoms with Gasteiger partial charge in [0, 0.05) is 5.57 Å². The number of carbonyl (C=O) groups is 1. The molecule has 0 aromatic rings. The van der Waals surface area contributed by atoms with Crippen molar-refractivity contribution in [3.05, 3.63) is 11.6 Å². The highest BCUT2D eigenvalue weighted by Crippen LogP contribution is 2.04. The molecule has 2 N–H and O–H groups in total. The van der Waals surface area contributed by atoms with E-state index in [4.69, 9.17) is 5.73 Å². The minimum absolute atomic E-state index is 0.295. The largest absolute Gasteiger partial charge is 0.366 e. The molecule has 0 fully saturated rings. The average Bonchev–Trinajstić information content (AvgIpc) is 1.81. The number of allylic oxidation sites excluding steroid dienone is 1. The number of nitrogens with two attached hydrogens (primary N) is 1. The van der Waals surface area contributed by atoms with Gasteiger partial charge in [0.15, 0.2) is 0 Å². The van der Waals surface area contributed by atoms with Crippen LogP contribution in [0.5, 0.6) is 0 Å². The van der Waals surface area contributed by atoms with Crippen molar-refractivity contribution in [2.24, 2.45) is 11.7 Å². The number of carbonyl (C=O) groups excluding carboxylic acids is 1. The third-order valence-corrected chi connectivity index (χ3v) is 1.23. The molecule has 1 amide bonds. The number of hydrogen-bond acceptors (Lipinski definition) is 1. The lowest BCUT2D eigenvalue weighted by Crippen LogP contribution is -2.13. The van der Waals surface area contributed by atoms with Crippen molar-refractivity contribution in [1.82, 2.24) is 0 Å². The molecule has 0 saturated heterocycles. The standard InChI is InChI=1S/C8H15NO/c1-4-7(8(9)10)5-6(2)3/h5-6H,4H2,1-3H3,(H2,9,10). The van der Waals surface area contributed by atoms with Gasteiger partial charge in [0.25, 0.3) is 0 Å². The first-order valence-corrected chi connectivity index (χ1v) is 3.58. The molecule has 2 nitrogen and oxygen atoms in total. The molecule has 58 valence electrons. The topological polar surface area (TPSA) is 43.1 Å². The van der Waals surface area contributed by atoms with E-state index in [1.807, 2.05) is 26.8 Å². The molecule has 0 bridgehead atoms. The molecule has 0 aromatic carbocycles. The fraction of sp³-hybridized carbons (Fsp3) is 0.625. The average molecular weight is 141 g/mol. The molecule has 0 aromatic heterocycles. The molecule has 0 aliphatic rings. The summed E-state index contributed by atoms with van der Waals surface area (Å²) in [6.07, 6.45) is 2.63. The van der Waals surface area contributed by atoms with Crippen LogP contribution in [-0.4, -0.2) is 5.91 Å². The minimum Gasteiger partial charge on any atom is -0.366 e. The van der Waals surface area contributed by atoms with Crippen LogP contribution in [0.2, 0.25) is 0 Å². The van der Waals surface area contributed by atoms with E-state index in [0.717, 1.165) is 12.0 Å². The fourth-order valence-corrected chi connectivity index (χ4v) is 0.777. The molecule has 0 heterocycles. The Bertz CT molecular complexity index is 147. The zero-order valence-corrected chi connectivity index (χ0v) is 6.85. The first-order valence-electron chi connectivity index (χ1n) is 3.58. The van der Waals surface area contributed by atoms with Crippen LogP contribution in [0, 0.1) is 5.92 Å². The summed E-state index contributed by atoms with van der Waals surface area (Å²) in [5, 5.41) is 0. The summed E-state index contributed by atoms with van der Waals surface area (Å²) in [5.41, 5.74) is 5.82. The summed E-state index contributed by atoms with van der Waals surface area (Å²) in [7, 11) is 0. The summed E-state index contributed by atoms with van der Waals surface area (Å²) in [6.45, 7) is 5.98. The second-order valence-electron chi connectivity index (χ2n) is 2.65. The Balaban J connectivity index is 4.19. The Morgan fingerprint density at radius 2 is 2.10 bits per heavy atom. The molecule has 0 unspecified atom stereocenters. The van der Waals surface area contributed by atoms with E-state index in [-0.39, 0.29) is 5.91 Å². The summed E-state index contributed by atoms with van der Waals surface area (Å²) < 4.78 is 0. The van der Waals surface area contributed by atoms with E-state index in [2.05, 4.69) is 0 Å². The van der Waals surface area contributed by atoms with Gasteiger partial charge in [0.1, 0.15) is 0 Å². The van der Waals surface area contributed by atoms with Crippen LogP contribution in [0.15, 0.2) is 11.6 Å². The molecule has 0 rings (SSSR count). The molecule has 0 radical (unpaired) electrons. The SMILES string of the molecule is CCC(=CC(C)C)C(N)=O. The van der Waals surface area contributed by atoms with Crippen molar-refractivity contribution in [2.75, 3.05) is 0 Å². The molecule has 0 saturated carbocycles. The first kappa shape index (κ1) is 9.21. The maximum Gasteiger partial charge on any atom is 0.244 e. The van der Waals surface area contributed by atoms with Crippen molar-refractivity contribution < 1.29 is 4.79 Å². The van der Waals surface area contributed by atoms with E-state index in [0.29, 0.717) is 5.92 Å². The summed E-state index contributed by atoms with van der Waals surface area (Å²) in [6, 6.07) is 0. The molecule has 2 heteroatoms. The molecule has 0 spiro atoms. The zero-order valence-electron chi connectivity index (χ0n) is 6.85. The Kier molecular flexibility index (Phi) is 3.77. The van der Waals surface area contributed by atoms with E-state index < -0.39 is 0 Å². The predicted octanol–water partition coefficient (Wildman–Crippen LogP) is 1.46. The first-order chi connectivity index (χ1) is 4.57. The lowest BCUT2D eigenvalue weighted by molar-refractivity contribution is -0.114. The monoisotopic (exact) mass is 141 g/mol. The van der Waals surface area contributed by atoms with Crippen LogP contribution in [0.4, 0.5) is 0 Å². The normalized spacial score (nSPS) is 12.2. The summed E-state index contributed by atoms with van der Waals surface area (Å²) in [4.78, 5) is 10.6. The van der Waals surface area contributed by atoms with Crippen molar-refractivity contribution in [2.45, 2.75) is 27.2 Å². The lowest BCUT2D eigenvalue weighted by atomic mass is 10.1. The number of primary amides is 1. The van der Waals surface area contributed by atoms with Crippen LogP contribution >= 0.6 is 0 Å². The second kappa shape index (κ2) is 4.09. The van der Waals surface area contributed by atoms with Gasteiger partial charge in [-0.1, -0.05) is 26.8 Å². The van der Waals surface area contributed by atoms with E-state index in [1.54, 1.807) is 0 Å². The fourth-order valence-electron chi connectivity index (χ4n) is 0.777. The van der Waals surface area contributed by atoms with Gasteiger partial charge >= 0.3 is 0 Å². The van der Waals surface area contributed by atoms with Crippen LogP contribution in [0.25, 0.3) is 0 Å². The zero-order chi connectivity index (χ0) is 8.15. The van der Waals surface area contributed by atoms with Crippen molar-refractivity contribution >= 4 is 5.91 Å². The van der Waals surface area contributed by atoms with Gasteiger partial charge in [-0.25, -0.2) is 0 Å². The quantitative estimate of drug-likeness (QED) is 0.594. The van der Waals surface area contributed by atoms with Crippen molar-refractivity contribution in [3.63, 3.8) is 0 Å². The van der Waals surface area contributed by atoms with E-state index >= 15 is 0 Å². The third kappa shape index (κ3) is 3.28. The Morgan fingerprint density at radius 1 is 1.60 bits per heavy atom. The van der Waals surface area contributed by atoms with E-state index in [1.165, 1.54) is 0 Å².